The number of allylic oxidation sites excluding steroid dienone is 2. The fraction of sp³-hybridized carbons (Fsp3) is 0.467. The molecule has 8 nitrogen and oxygen atoms in total. The summed E-state index contributed by atoms with van der Waals surface area (Å²) in [7, 11) is 0. The normalized spacial score (nSPS) is 19.2. The Kier molecular flexibility index (Phi) is 3.89. The highest BCUT2D eigenvalue weighted by molar-refractivity contribution is 6.50. The number of fused-ring (bicyclic) bond motifs is 1. The van der Waals surface area contributed by atoms with Gasteiger partial charge in [0.25, 0.3) is 5.56 Å². The van der Waals surface area contributed by atoms with Crippen molar-refractivity contribution in [2.45, 2.75) is 33.4 Å². The van der Waals surface area contributed by atoms with Crippen LogP contribution in [-0.4, -0.2) is 39.7 Å². The van der Waals surface area contributed by atoms with E-state index in [1.807, 2.05) is 13.8 Å². The van der Waals surface area contributed by atoms with Crippen LogP contribution in [0.2, 0.25) is 0 Å². The molecule has 0 spiro atoms. The molecule has 0 bridgehead atoms. The number of carbonyl (C=O) groups is 1. The van der Waals surface area contributed by atoms with Crippen LogP contribution in [-0.2, 0) is 22.6 Å². The van der Waals surface area contributed by atoms with Gasteiger partial charge in [0.1, 0.15) is 18.1 Å². The molecule has 0 unspecified atom stereocenters. The van der Waals surface area contributed by atoms with Crippen LogP contribution in [0.5, 0.6) is 0 Å². The van der Waals surface area contributed by atoms with Crippen molar-refractivity contribution in [3.8, 4) is 0 Å². The first-order valence-corrected chi connectivity index (χ1v) is 7.66. The third-order valence-electron chi connectivity index (χ3n) is 3.90. The zero-order valence-electron chi connectivity index (χ0n) is 13.2. The lowest BCUT2D eigenvalue weighted by molar-refractivity contribution is -0.112. The smallest absolute Gasteiger partial charge is 0.294 e. The van der Waals surface area contributed by atoms with Gasteiger partial charge in [-0.1, -0.05) is 0 Å². The number of ether oxygens (including phenoxy) is 1. The minimum absolute atomic E-state index is 0.102. The van der Waals surface area contributed by atoms with Crippen LogP contribution in [0.25, 0.3) is 0 Å². The molecule has 0 aromatic carbocycles. The van der Waals surface area contributed by atoms with Crippen LogP contribution >= 0.6 is 0 Å². The molecule has 0 fully saturated rings. The molecule has 0 saturated heterocycles. The number of rotatable bonds is 3. The average molecular weight is 317 g/mol. The maximum Gasteiger partial charge on any atom is 0.294 e. The zero-order valence-corrected chi connectivity index (χ0v) is 13.2. The second-order valence-corrected chi connectivity index (χ2v) is 5.25. The third-order valence-corrected chi connectivity index (χ3v) is 3.90. The molecule has 2 heterocycles. The second kappa shape index (κ2) is 5.86. The lowest BCUT2D eigenvalue weighted by atomic mass is 10.00. The van der Waals surface area contributed by atoms with E-state index in [9.17, 15) is 9.59 Å². The fourth-order valence-corrected chi connectivity index (χ4v) is 2.78. The summed E-state index contributed by atoms with van der Waals surface area (Å²) >= 11 is 0. The van der Waals surface area contributed by atoms with Crippen molar-refractivity contribution in [2.24, 2.45) is 9.98 Å². The molecule has 1 aromatic heterocycles. The molecule has 3 rings (SSSR count). The molecular formula is C15H19N5O3. The molecule has 0 amide bonds. The number of ketones is 1. The van der Waals surface area contributed by atoms with Crippen molar-refractivity contribution in [1.29, 1.82) is 0 Å². The van der Waals surface area contributed by atoms with Gasteiger partial charge in [-0.15, -0.1) is 0 Å². The molecule has 23 heavy (non-hydrogen) atoms. The van der Waals surface area contributed by atoms with Crippen LogP contribution in [0.15, 0.2) is 26.6 Å². The molecule has 2 N–H and O–H groups in total. The Morgan fingerprint density at radius 2 is 2.04 bits per heavy atom. The molecule has 0 atom stereocenters. The van der Waals surface area contributed by atoms with E-state index in [4.69, 9.17) is 10.5 Å². The number of hydrogen-bond donors (Lipinski definition) is 1. The van der Waals surface area contributed by atoms with Gasteiger partial charge in [-0.05, 0) is 13.8 Å². The Labute approximate surface area is 132 Å². The highest BCUT2D eigenvalue weighted by Crippen LogP contribution is 2.22. The summed E-state index contributed by atoms with van der Waals surface area (Å²) in [6, 6.07) is 0. The standard InChI is InChI=1S/C15H19N5O3/c1-3-19-14(16)13(15(22)20(19)4-2)18-9-8-12-10(7-11(9)21)17-5-6-23-12/h8H,3-7,16H2,1-2H3. The van der Waals surface area contributed by atoms with Crippen molar-refractivity contribution >= 4 is 28.7 Å². The molecule has 2 aliphatic rings. The third kappa shape index (κ3) is 2.49. The van der Waals surface area contributed by atoms with Gasteiger partial charge < -0.3 is 10.5 Å². The van der Waals surface area contributed by atoms with Gasteiger partial charge in [-0.3, -0.25) is 19.3 Å². The van der Waals surface area contributed by atoms with Gasteiger partial charge in [0.05, 0.1) is 18.7 Å². The minimum Gasteiger partial charge on any atom is -0.490 e. The zero-order chi connectivity index (χ0) is 16.6. The number of nitrogens with two attached hydrogens (primary N) is 1. The van der Waals surface area contributed by atoms with Crippen molar-refractivity contribution in [3.63, 3.8) is 0 Å². The fourth-order valence-electron chi connectivity index (χ4n) is 2.78. The van der Waals surface area contributed by atoms with E-state index in [1.165, 1.54) is 4.68 Å². The first kappa shape index (κ1) is 15.3. The van der Waals surface area contributed by atoms with Crippen LogP contribution in [0.3, 0.4) is 0 Å². The number of nitrogens with zero attached hydrogens (tertiary/aromatic N) is 4. The number of anilines is 1. The van der Waals surface area contributed by atoms with Gasteiger partial charge in [0, 0.05) is 19.2 Å². The largest absolute Gasteiger partial charge is 0.490 e. The number of hydrogen-bond acceptors (Lipinski definition) is 6. The van der Waals surface area contributed by atoms with E-state index in [-0.39, 0.29) is 35.0 Å². The van der Waals surface area contributed by atoms with Crippen molar-refractivity contribution in [1.82, 2.24) is 9.36 Å². The predicted octanol–water partition coefficient (Wildman–Crippen LogP) is 0.672. The second-order valence-electron chi connectivity index (χ2n) is 5.25. The summed E-state index contributed by atoms with van der Waals surface area (Å²) in [5, 5.41) is 0. The van der Waals surface area contributed by atoms with Crippen LogP contribution < -0.4 is 11.3 Å². The summed E-state index contributed by atoms with van der Waals surface area (Å²) in [6.07, 6.45) is 1.68. The van der Waals surface area contributed by atoms with Gasteiger partial charge >= 0.3 is 0 Å². The highest BCUT2D eigenvalue weighted by atomic mass is 16.5. The lowest BCUT2D eigenvalue weighted by Gasteiger charge is -2.20. The van der Waals surface area contributed by atoms with Gasteiger partial charge in [0.2, 0.25) is 0 Å². The maximum absolute atomic E-state index is 12.4. The molecule has 1 aromatic rings. The molecule has 1 aliphatic carbocycles. The van der Waals surface area contributed by atoms with Crippen molar-refractivity contribution in [2.75, 3.05) is 18.9 Å². The topological polar surface area (TPSA) is 104 Å². The number of aromatic nitrogens is 2. The first-order chi connectivity index (χ1) is 11.1. The lowest BCUT2D eigenvalue weighted by Crippen LogP contribution is -2.28. The average Bonchev–Trinajstić information content (AvgIpc) is 2.78. The Hall–Kier alpha value is -2.64. The van der Waals surface area contributed by atoms with Gasteiger partial charge in [-0.2, -0.15) is 0 Å². The molecule has 0 radical (unpaired) electrons. The van der Waals surface area contributed by atoms with E-state index in [2.05, 4.69) is 9.98 Å². The van der Waals surface area contributed by atoms with E-state index in [0.717, 1.165) is 0 Å². The Morgan fingerprint density at radius 1 is 1.30 bits per heavy atom. The van der Waals surface area contributed by atoms with Crippen LogP contribution in [0.1, 0.15) is 20.3 Å². The van der Waals surface area contributed by atoms with Crippen molar-refractivity contribution < 1.29 is 9.53 Å². The summed E-state index contributed by atoms with van der Waals surface area (Å²) in [5.41, 5.74) is 6.66. The SMILES string of the molecule is CCn1c(N)c(N=C2C=C3OCCN=C3CC2=O)c(=O)n1CC. The molecule has 1 aliphatic heterocycles. The summed E-state index contributed by atoms with van der Waals surface area (Å²) in [6.45, 7) is 5.82. The summed E-state index contributed by atoms with van der Waals surface area (Å²) in [5.74, 6) is 0.630. The summed E-state index contributed by atoms with van der Waals surface area (Å²) in [4.78, 5) is 33.2. The molecule has 8 heteroatoms. The Balaban J connectivity index is 2.10. The number of carbonyl (C=O) groups excluding carboxylic acids is 1. The van der Waals surface area contributed by atoms with Gasteiger partial charge in [0.15, 0.2) is 17.3 Å². The van der Waals surface area contributed by atoms with Crippen LogP contribution in [0, 0.1) is 0 Å². The van der Waals surface area contributed by atoms with E-state index >= 15 is 0 Å². The van der Waals surface area contributed by atoms with E-state index in [1.54, 1.807) is 10.8 Å². The minimum atomic E-state index is -0.297. The highest BCUT2D eigenvalue weighted by Gasteiger charge is 2.27. The molecule has 122 valence electrons. The van der Waals surface area contributed by atoms with Gasteiger partial charge in [-0.25, -0.2) is 9.67 Å². The predicted molar refractivity (Wildman–Crippen MR) is 87.5 cm³/mol. The number of aliphatic imine (C=N–C) groups is 2. The Bertz CT molecular complexity index is 810. The molecule has 0 saturated carbocycles. The summed E-state index contributed by atoms with van der Waals surface area (Å²) < 4.78 is 8.68. The van der Waals surface area contributed by atoms with Crippen LogP contribution in [0.4, 0.5) is 11.5 Å². The number of Topliss-reactive ketones (excluding diaryl/α,β-unsaturated/α-hetero) is 1. The maximum atomic E-state index is 12.4. The Morgan fingerprint density at radius 3 is 2.70 bits per heavy atom. The van der Waals surface area contributed by atoms with E-state index < -0.39 is 0 Å². The monoisotopic (exact) mass is 317 g/mol. The molecular weight excluding hydrogens is 298 g/mol. The first-order valence-electron chi connectivity index (χ1n) is 7.66. The quantitative estimate of drug-likeness (QED) is 0.884. The number of nitrogen functional groups attached to an aromatic ring is 1. The van der Waals surface area contributed by atoms with E-state index in [0.29, 0.717) is 37.7 Å². The van der Waals surface area contributed by atoms with Crippen molar-refractivity contribution in [3.05, 3.63) is 22.2 Å².